The monoisotopic (exact) mass is 470 g/mol. The van der Waals surface area contributed by atoms with E-state index in [2.05, 4.69) is 69.5 Å². The number of nitrogens with two attached hydrogens (primary N) is 1. The van der Waals surface area contributed by atoms with Crippen LogP contribution in [0.1, 0.15) is 62.7 Å². The highest BCUT2D eigenvalue weighted by Crippen LogP contribution is 2.31. The van der Waals surface area contributed by atoms with Crippen LogP contribution < -0.4 is 5.73 Å². The molecule has 0 spiro atoms. The van der Waals surface area contributed by atoms with Crippen molar-refractivity contribution in [2.24, 2.45) is 17.6 Å². The number of H-pyrrole nitrogens is 1. The molecular formula is C27H34N8. The Bertz CT molecular complexity index is 1220. The quantitative estimate of drug-likeness (QED) is 0.389. The zero-order chi connectivity index (χ0) is 24.2. The third kappa shape index (κ3) is 5.32. The van der Waals surface area contributed by atoms with E-state index in [1.807, 2.05) is 18.2 Å². The number of hydrogen-bond donors (Lipinski definition) is 2. The highest BCUT2D eigenvalue weighted by molar-refractivity contribution is 5.80. The van der Waals surface area contributed by atoms with Gasteiger partial charge >= 0.3 is 0 Å². The lowest BCUT2D eigenvalue weighted by atomic mass is 9.80. The predicted octanol–water partition coefficient (Wildman–Crippen LogP) is 4.60. The lowest BCUT2D eigenvalue weighted by Crippen LogP contribution is -2.23. The van der Waals surface area contributed by atoms with E-state index in [4.69, 9.17) is 15.8 Å². The summed E-state index contributed by atoms with van der Waals surface area (Å²) in [6.07, 6.45) is 5.94. The molecule has 1 fully saturated rings. The van der Waals surface area contributed by atoms with Crippen LogP contribution in [0.3, 0.4) is 0 Å². The van der Waals surface area contributed by atoms with E-state index >= 15 is 0 Å². The number of benzene rings is 2. The average molecular weight is 471 g/mol. The van der Waals surface area contributed by atoms with E-state index in [1.165, 1.54) is 31.2 Å². The van der Waals surface area contributed by atoms with Crippen LogP contribution in [0.2, 0.25) is 0 Å². The molecule has 0 amide bonds. The third-order valence-corrected chi connectivity index (χ3v) is 7.18. The Morgan fingerprint density at radius 3 is 2.34 bits per heavy atom. The van der Waals surface area contributed by atoms with Gasteiger partial charge in [0.15, 0.2) is 11.6 Å². The highest BCUT2D eigenvalue weighted by Gasteiger charge is 2.23. The van der Waals surface area contributed by atoms with Crippen LogP contribution >= 0.6 is 0 Å². The van der Waals surface area contributed by atoms with Crippen molar-refractivity contribution in [1.29, 1.82) is 0 Å². The van der Waals surface area contributed by atoms with Gasteiger partial charge in [-0.2, -0.15) is 5.10 Å². The summed E-state index contributed by atoms with van der Waals surface area (Å²) in [5.74, 6) is 4.38. The van der Waals surface area contributed by atoms with Crippen LogP contribution in [0.15, 0.2) is 48.5 Å². The molecule has 4 aromatic rings. The molecule has 3 N–H and O–H groups in total. The first-order valence-electron chi connectivity index (χ1n) is 12.7. The molecular weight excluding hydrogens is 436 g/mol. The lowest BCUT2D eigenvalue weighted by molar-refractivity contribution is 0.273. The van der Waals surface area contributed by atoms with Crippen LogP contribution in [-0.2, 0) is 13.0 Å². The normalized spacial score (nSPS) is 18.3. The Kier molecular flexibility index (Phi) is 6.99. The molecule has 0 bridgehead atoms. The van der Waals surface area contributed by atoms with Crippen molar-refractivity contribution in [3.05, 3.63) is 65.7 Å². The number of hydrogen-bond acceptors (Lipinski definition) is 6. The maximum absolute atomic E-state index is 5.89. The number of tetrazole rings is 1. The van der Waals surface area contributed by atoms with Gasteiger partial charge in [0.2, 0.25) is 0 Å². The summed E-state index contributed by atoms with van der Waals surface area (Å²) in [7, 11) is 0. The van der Waals surface area contributed by atoms with Gasteiger partial charge in [-0.05, 0) is 71.2 Å². The molecule has 0 saturated heterocycles. The summed E-state index contributed by atoms with van der Waals surface area (Å²) >= 11 is 0. The molecule has 1 aliphatic rings. The Morgan fingerprint density at radius 1 is 0.971 bits per heavy atom. The van der Waals surface area contributed by atoms with E-state index in [9.17, 15) is 0 Å². The molecule has 2 heterocycles. The standard InChI is InChI=1S/C27H34N8/c1-18(2)26-29-25(15-19-7-9-20(16-28)10-8-19)35(32-26)17-21-11-13-22(14-12-21)23-5-3-4-6-24(23)27-30-33-34-31-27/h3-6,11-14,18-20H,7-10,15-17,28H2,1-2H3,(H,30,31,33,34). The van der Waals surface area contributed by atoms with Crippen LogP contribution in [0, 0.1) is 11.8 Å². The topological polar surface area (TPSA) is 111 Å². The molecule has 0 atom stereocenters. The first-order valence-corrected chi connectivity index (χ1v) is 12.7. The Hall–Kier alpha value is -3.39. The summed E-state index contributed by atoms with van der Waals surface area (Å²) in [4.78, 5) is 4.95. The second-order valence-corrected chi connectivity index (χ2v) is 10.0. The van der Waals surface area contributed by atoms with E-state index in [0.717, 1.165) is 47.8 Å². The zero-order valence-electron chi connectivity index (χ0n) is 20.6. The van der Waals surface area contributed by atoms with Gasteiger partial charge in [-0.25, -0.2) is 14.8 Å². The number of rotatable bonds is 8. The Balaban J connectivity index is 1.35. The minimum absolute atomic E-state index is 0.312. The molecule has 0 unspecified atom stereocenters. The lowest BCUT2D eigenvalue weighted by Gasteiger charge is -2.27. The Morgan fingerprint density at radius 2 is 1.69 bits per heavy atom. The van der Waals surface area contributed by atoms with E-state index < -0.39 is 0 Å². The fraction of sp³-hybridized carbons (Fsp3) is 0.444. The van der Waals surface area contributed by atoms with Gasteiger partial charge in [0.25, 0.3) is 0 Å². The SMILES string of the molecule is CC(C)c1nc(CC2CCC(CN)CC2)n(Cc2ccc(-c3ccccc3-c3nnn[nH]3)cc2)n1. The van der Waals surface area contributed by atoms with Crippen molar-refractivity contribution < 1.29 is 0 Å². The van der Waals surface area contributed by atoms with Gasteiger partial charge in [-0.15, -0.1) is 5.10 Å². The molecule has 8 heteroatoms. The Labute approximate surface area is 206 Å². The van der Waals surface area contributed by atoms with Crippen molar-refractivity contribution in [2.75, 3.05) is 6.54 Å². The smallest absolute Gasteiger partial charge is 0.180 e. The average Bonchev–Trinajstić information content (AvgIpc) is 3.56. The first-order chi connectivity index (χ1) is 17.1. The predicted molar refractivity (Wildman–Crippen MR) is 136 cm³/mol. The highest BCUT2D eigenvalue weighted by atomic mass is 15.5. The molecule has 0 radical (unpaired) electrons. The summed E-state index contributed by atoms with van der Waals surface area (Å²) in [5, 5.41) is 19.3. The minimum atomic E-state index is 0.312. The molecule has 2 aromatic heterocycles. The minimum Gasteiger partial charge on any atom is -0.330 e. The molecule has 8 nitrogen and oxygen atoms in total. The maximum atomic E-state index is 5.89. The number of aromatic nitrogens is 7. The molecule has 2 aromatic carbocycles. The number of nitrogens with one attached hydrogen (secondary N) is 1. The summed E-state index contributed by atoms with van der Waals surface area (Å²) in [6, 6.07) is 16.8. The summed E-state index contributed by atoms with van der Waals surface area (Å²) in [6.45, 7) is 5.86. The van der Waals surface area contributed by atoms with Crippen molar-refractivity contribution >= 4 is 0 Å². The van der Waals surface area contributed by atoms with E-state index in [-0.39, 0.29) is 0 Å². The van der Waals surface area contributed by atoms with Crippen LogP contribution in [0.4, 0.5) is 0 Å². The van der Waals surface area contributed by atoms with Crippen LogP contribution in [-0.4, -0.2) is 41.9 Å². The summed E-state index contributed by atoms with van der Waals surface area (Å²) < 4.78 is 2.12. The molecule has 182 valence electrons. The molecule has 1 aliphatic carbocycles. The second-order valence-electron chi connectivity index (χ2n) is 10.0. The fourth-order valence-corrected chi connectivity index (χ4v) is 5.02. The number of aromatic amines is 1. The third-order valence-electron chi connectivity index (χ3n) is 7.18. The molecule has 35 heavy (non-hydrogen) atoms. The zero-order valence-corrected chi connectivity index (χ0v) is 20.6. The van der Waals surface area contributed by atoms with Crippen molar-refractivity contribution in [3.63, 3.8) is 0 Å². The summed E-state index contributed by atoms with van der Waals surface area (Å²) in [5.41, 5.74) is 10.3. The second kappa shape index (κ2) is 10.5. The van der Waals surface area contributed by atoms with Gasteiger partial charge < -0.3 is 5.73 Å². The van der Waals surface area contributed by atoms with Crippen molar-refractivity contribution in [1.82, 2.24) is 35.4 Å². The van der Waals surface area contributed by atoms with Gasteiger partial charge in [-0.3, -0.25) is 0 Å². The van der Waals surface area contributed by atoms with Gasteiger partial charge in [0.05, 0.1) is 6.54 Å². The molecule has 0 aliphatic heterocycles. The first kappa shape index (κ1) is 23.4. The van der Waals surface area contributed by atoms with Crippen molar-refractivity contribution in [3.8, 4) is 22.5 Å². The van der Waals surface area contributed by atoms with E-state index in [0.29, 0.717) is 23.6 Å². The largest absolute Gasteiger partial charge is 0.330 e. The van der Waals surface area contributed by atoms with Gasteiger partial charge in [0.1, 0.15) is 5.82 Å². The van der Waals surface area contributed by atoms with E-state index in [1.54, 1.807) is 0 Å². The van der Waals surface area contributed by atoms with Crippen LogP contribution in [0.25, 0.3) is 22.5 Å². The maximum Gasteiger partial charge on any atom is 0.180 e. The van der Waals surface area contributed by atoms with Gasteiger partial charge in [0, 0.05) is 17.9 Å². The van der Waals surface area contributed by atoms with Gasteiger partial charge in [-0.1, -0.05) is 62.4 Å². The molecule has 5 rings (SSSR count). The van der Waals surface area contributed by atoms with Crippen molar-refractivity contribution in [2.45, 2.75) is 58.4 Å². The van der Waals surface area contributed by atoms with Crippen LogP contribution in [0.5, 0.6) is 0 Å². The molecule has 1 saturated carbocycles. The number of nitrogens with zero attached hydrogens (tertiary/aromatic N) is 6. The fourth-order valence-electron chi connectivity index (χ4n) is 5.02.